The molecule has 19 heavy (non-hydrogen) atoms. The molecule has 1 aliphatic rings. The number of benzene rings is 1. The molecule has 0 saturated carbocycles. The third-order valence-electron chi connectivity index (χ3n) is 3.02. The second kappa shape index (κ2) is 4.24. The van der Waals surface area contributed by atoms with Crippen LogP contribution in [0, 0.1) is 0 Å². The molecule has 0 saturated heterocycles. The van der Waals surface area contributed by atoms with Crippen LogP contribution in [-0.2, 0) is 11.2 Å². The molecule has 6 nitrogen and oxygen atoms in total. The monoisotopic (exact) mass is 258 g/mol. The van der Waals surface area contributed by atoms with Crippen LogP contribution in [0.2, 0.25) is 0 Å². The van der Waals surface area contributed by atoms with Crippen LogP contribution in [0.4, 0.5) is 5.69 Å². The molecule has 1 aromatic heterocycles. The summed E-state index contributed by atoms with van der Waals surface area (Å²) in [6.07, 6.45) is 1.19. The molecule has 0 aliphatic carbocycles. The molecule has 0 atom stereocenters. The summed E-state index contributed by atoms with van der Waals surface area (Å²) in [4.78, 5) is 22.1. The van der Waals surface area contributed by atoms with E-state index < -0.39 is 5.97 Å². The summed E-state index contributed by atoms with van der Waals surface area (Å²) in [6, 6.07) is 6.84. The topological polar surface area (TPSA) is 92.4 Å². The summed E-state index contributed by atoms with van der Waals surface area (Å²) in [5.41, 5.74) is 2.33. The van der Waals surface area contributed by atoms with Gasteiger partial charge in [0.15, 0.2) is 11.5 Å². The summed E-state index contributed by atoms with van der Waals surface area (Å²) in [5, 5.41) is 15.0. The number of nitrogens with one attached hydrogen (secondary N) is 1. The number of anilines is 1. The number of carboxylic acid groups (broad SMARTS) is 1. The lowest BCUT2D eigenvalue weighted by Crippen LogP contribution is -2.18. The van der Waals surface area contributed by atoms with Crippen LogP contribution in [0.1, 0.15) is 22.5 Å². The Balaban J connectivity index is 1.99. The van der Waals surface area contributed by atoms with Crippen molar-refractivity contribution in [1.82, 2.24) is 5.16 Å². The van der Waals surface area contributed by atoms with Gasteiger partial charge in [-0.1, -0.05) is 17.3 Å². The van der Waals surface area contributed by atoms with E-state index in [9.17, 15) is 9.59 Å². The van der Waals surface area contributed by atoms with Gasteiger partial charge in [0.05, 0.1) is 0 Å². The number of fused-ring (bicyclic) bond motifs is 1. The van der Waals surface area contributed by atoms with E-state index in [1.54, 1.807) is 6.07 Å². The van der Waals surface area contributed by atoms with Gasteiger partial charge >= 0.3 is 5.97 Å². The number of rotatable bonds is 2. The Kier molecular flexibility index (Phi) is 2.56. The summed E-state index contributed by atoms with van der Waals surface area (Å²) < 4.78 is 4.99. The van der Waals surface area contributed by atoms with Gasteiger partial charge in [0.1, 0.15) is 0 Å². The average Bonchev–Trinajstić information content (AvgIpc) is 2.87. The number of hydrogen-bond acceptors (Lipinski definition) is 4. The maximum Gasteiger partial charge on any atom is 0.358 e. The van der Waals surface area contributed by atoms with Crippen molar-refractivity contribution < 1.29 is 19.2 Å². The SMILES string of the molecule is O=C1CCc2ccc(-c3cc(C(=O)O)no3)cc2N1. The second-order valence-electron chi connectivity index (χ2n) is 4.30. The lowest BCUT2D eigenvalue weighted by molar-refractivity contribution is -0.116. The van der Waals surface area contributed by atoms with Gasteiger partial charge in [0, 0.05) is 23.7 Å². The zero-order chi connectivity index (χ0) is 13.4. The molecule has 0 bridgehead atoms. The number of carbonyl (C=O) groups is 2. The zero-order valence-corrected chi connectivity index (χ0v) is 9.84. The fourth-order valence-electron chi connectivity index (χ4n) is 2.04. The van der Waals surface area contributed by atoms with Gasteiger partial charge in [-0.2, -0.15) is 0 Å². The van der Waals surface area contributed by atoms with Crippen molar-refractivity contribution in [3.63, 3.8) is 0 Å². The van der Waals surface area contributed by atoms with E-state index in [0.717, 1.165) is 11.3 Å². The minimum atomic E-state index is -1.14. The van der Waals surface area contributed by atoms with Gasteiger partial charge in [-0.25, -0.2) is 4.79 Å². The quantitative estimate of drug-likeness (QED) is 0.858. The first kappa shape index (κ1) is 11.5. The smallest absolute Gasteiger partial charge is 0.358 e. The summed E-state index contributed by atoms with van der Waals surface area (Å²) >= 11 is 0. The van der Waals surface area contributed by atoms with E-state index in [-0.39, 0.29) is 11.6 Å². The van der Waals surface area contributed by atoms with Crippen molar-refractivity contribution in [2.75, 3.05) is 5.32 Å². The Morgan fingerprint density at radius 1 is 1.32 bits per heavy atom. The Bertz CT molecular complexity index is 675. The van der Waals surface area contributed by atoms with E-state index in [4.69, 9.17) is 9.63 Å². The number of hydrogen-bond donors (Lipinski definition) is 2. The lowest BCUT2D eigenvalue weighted by Gasteiger charge is -2.16. The number of nitrogens with zero attached hydrogens (tertiary/aromatic N) is 1. The molecule has 0 fully saturated rings. The number of aromatic nitrogens is 1. The van der Waals surface area contributed by atoms with E-state index in [0.29, 0.717) is 24.2 Å². The first-order valence-electron chi connectivity index (χ1n) is 5.76. The first-order valence-corrected chi connectivity index (χ1v) is 5.76. The Hall–Kier alpha value is -2.63. The molecule has 0 radical (unpaired) electrons. The predicted molar refractivity (Wildman–Crippen MR) is 65.8 cm³/mol. The number of amides is 1. The van der Waals surface area contributed by atoms with Crippen LogP contribution in [0.3, 0.4) is 0 Å². The number of carboxylic acids is 1. The largest absolute Gasteiger partial charge is 0.476 e. The van der Waals surface area contributed by atoms with Crippen molar-refractivity contribution >= 4 is 17.6 Å². The van der Waals surface area contributed by atoms with Crippen LogP contribution in [0.5, 0.6) is 0 Å². The Labute approximate surface area is 108 Å². The summed E-state index contributed by atoms with van der Waals surface area (Å²) in [7, 11) is 0. The van der Waals surface area contributed by atoms with E-state index >= 15 is 0 Å². The maximum atomic E-state index is 11.3. The Morgan fingerprint density at radius 3 is 2.89 bits per heavy atom. The fraction of sp³-hybridized carbons (Fsp3) is 0.154. The third kappa shape index (κ3) is 2.08. The van der Waals surface area contributed by atoms with Crippen molar-refractivity contribution in [3.8, 4) is 11.3 Å². The van der Waals surface area contributed by atoms with Crippen LogP contribution in [0.15, 0.2) is 28.8 Å². The van der Waals surface area contributed by atoms with Crippen LogP contribution in [-0.4, -0.2) is 22.1 Å². The molecule has 0 unspecified atom stereocenters. The highest BCUT2D eigenvalue weighted by atomic mass is 16.5. The normalized spacial score (nSPS) is 13.8. The first-order chi connectivity index (χ1) is 9.13. The molecule has 1 aliphatic heterocycles. The number of aryl methyl sites for hydroxylation is 1. The fourth-order valence-corrected chi connectivity index (χ4v) is 2.04. The minimum Gasteiger partial charge on any atom is -0.476 e. The van der Waals surface area contributed by atoms with Gasteiger partial charge in [-0.15, -0.1) is 0 Å². The van der Waals surface area contributed by atoms with Gasteiger partial charge < -0.3 is 14.9 Å². The van der Waals surface area contributed by atoms with Crippen molar-refractivity contribution in [2.45, 2.75) is 12.8 Å². The molecule has 3 rings (SSSR count). The molecule has 6 heteroatoms. The second-order valence-corrected chi connectivity index (χ2v) is 4.30. The standard InChI is InChI=1S/C13H10N2O4/c16-12-4-3-7-1-2-8(5-9(7)14-12)11-6-10(13(17)18)15-19-11/h1-2,5-6H,3-4H2,(H,14,16)(H,17,18). The molecule has 2 aromatic rings. The van der Waals surface area contributed by atoms with E-state index in [1.165, 1.54) is 6.07 Å². The van der Waals surface area contributed by atoms with Gasteiger partial charge in [-0.05, 0) is 18.1 Å². The van der Waals surface area contributed by atoms with Gasteiger partial charge in [0.2, 0.25) is 5.91 Å². The summed E-state index contributed by atoms with van der Waals surface area (Å²) in [6.45, 7) is 0. The number of aromatic carboxylic acids is 1. The predicted octanol–water partition coefficient (Wildman–Crippen LogP) is 1.92. The highest BCUT2D eigenvalue weighted by molar-refractivity contribution is 5.94. The Morgan fingerprint density at radius 2 is 2.16 bits per heavy atom. The summed E-state index contributed by atoms with van der Waals surface area (Å²) in [5.74, 6) is -0.797. The highest BCUT2D eigenvalue weighted by Crippen LogP contribution is 2.29. The number of carbonyl (C=O) groups excluding carboxylic acids is 1. The van der Waals surface area contributed by atoms with Crippen molar-refractivity contribution in [1.29, 1.82) is 0 Å². The third-order valence-corrected chi connectivity index (χ3v) is 3.02. The van der Waals surface area contributed by atoms with E-state index in [2.05, 4.69) is 10.5 Å². The van der Waals surface area contributed by atoms with E-state index in [1.807, 2.05) is 12.1 Å². The molecule has 0 spiro atoms. The molecule has 2 N–H and O–H groups in total. The maximum absolute atomic E-state index is 11.3. The highest BCUT2D eigenvalue weighted by Gasteiger charge is 2.17. The van der Waals surface area contributed by atoms with Crippen LogP contribution < -0.4 is 5.32 Å². The van der Waals surface area contributed by atoms with Crippen molar-refractivity contribution in [2.24, 2.45) is 0 Å². The molecule has 1 amide bonds. The molecule has 2 heterocycles. The van der Waals surface area contributed by atoms with Crippen molar-refractivity contribution in [3.05, 3.63) is 35.5 Å². The van der Waals surface area contributed by atoms with Crippen LogP contribution in [0.25, 0.3) is 11.3 Å². The molecular formula is C13H10N2O4. The lowest BCUT2D eigenvalue weighted by atomic mass is 10.00. The average molecular weight is 258 g/mol. The zero-order valence-electron chi connectivity index (χ0n) is 9.84. The minimum absolute atomic E-state index is 0.0200. The van der Waals surface area contributed by atoms with Gasteiger partial charge in [-0.3, -0.25) is 4.79 Å². The molecular weight excluding hydrogens is 248 g/mol. The molecule has 96 valence electrons. The molecule has 1 aromatic carbocycles. The van der Waals surface area contributed by atoms with Gasteiger partial charge in [0.25, 0.3) is 0 Å². The van der Waals surface area contributed by atoms with Crippen LogP contribution >= 0.6 is 0 Å².